The minimum Gasteiger partial charge on any atom is -0.493 e. The predicted molar refractivity (Wildman–Crippen MR) is 136 cm³/mol. The van der Waals surface area contributed by atoms with Gasteiger partial charge in [-0.15, -0.1) is 0 Å². The molecule has 8 heteroatoms. The SMILES string of the molecule is COc1cc(C=NNC(=O)CC(=O)Nc2ccc(C)cc2C)ccc1OCc1ccc(Br)cc1. The Morgan fingerprint density at radius 2 is 1.74 bits per heavy atom. The largest absolute Gasteiger partial charge is 0.493 e. The number of ether oxygens (including phenoxy) is 2. The fourth-order valence-electron chi connectivity index (χ4n) is 3.14. The van der Waals surface area contributed by atoms with Gasteiger partial charge in [0.1, 0.15) is 13.0 Å². The number of carbonyl (C=O) groups excluding carboxylic acids is 2. The first-order chi connectivity index (χ1) is 16.3. The Hall–Kier alpha value is -3.65. The summed E-state index contributed by atoms with van der Waals surface area (Å²) in [6, 6.07) is 18.9. The molecule has 0 spiro atoms. The third-order valence-electron chi connectivity index (χ3n) is 4.88. The summed E-state index contributed by atoms with van der Waals surface area (Å²) >= 11 is 3.41. The van der Waals surface area contributed by atoms with Crippen LogP contribution in [-0.4, -0.2) is 25.1 Å². The zero-order valence-corrected chi connectivity index (χ0v) is 20.8. The molecule has 0 aliphatic rings. The Balaban J connectivity index is 1.51. The van der Waals surface area contributed by atoms with Gasteiger partial charge in [0.05, 0.1) is 13.3 Å². The number of carbonyl (C=O) groups is 2. The maximum absolute atomic E-state index is 12.1. The molecule has 0 heterocycles. The van der Waals surface area contributed by atoms with E-state index in [0.717, 1.165) is 21.2 Å². The Morgan fingerprint density at radius 3 is 2.44 bits per heavy atom. The van der Waals surface area contributed by atoms with E-state index in [1.807, 2.05) is 56.3 Å². The Labute approximate surface area is 207 Å². The number of amides is 2. The highest BCUT2D eigenvalue weighted by molar-refractivity contribution is 9.10. The molecule has 0 bridgehead atoms. The van der Waals surface area contributed by atoms with Crippen molar-refractivity contribution in [3.05, 3.63) is 87.4 Å². The average molecular weight is 524 g/mol. The van der Waals surface area contributed by atoms with Gasteiger partial charge in [0.2, 0.25) is 11.8 Å². The van der Waals surface area contributed by atoms with Crippen LogP contribution in [0.4, 0.5) is 5.69 Å². The lowest BCUT2D eigenvalue weighted by molar-refractivity contribution is -0.126. The van der Waals surface area contributed by atoms with Gasteiger partial charge in [0.15, 0.2) is 11.5 Å². The number of methoxy groups -OCH3 is 1. The quantitative estimate of drug-likeness (QED) is 0.231. The zero-order chi connectivity index (χ0) is 24.5. The Morgan fingerprint density at radius 1 is 0.971 bits per heavy atom. The topological polar surface area (TPSA) is 89.0 Å². The predicted octanol–water partition coefficient (Wildman–Crippen LogP) is 5.13. The van der Waals surface area contributed by atoms with E-state index in [2.05, 4.69) is 31.8 Å². The molecule has 0 aromatic heterocycles. The molecule has 0 aliphatic heterocycles. The molecule has 0 unspecified atom stereocenters. The second-order valence-corrected chi connectivity index (χ2v) is 8.58. The van der Waals surface area contributed by atoms with Gasteiger partial charge in [-0.05, 0) is 66.9 Å². The van der Waals surface area contributed by atoms with Crippen molar-refractivity contribution >= 4 is 39.6 Å². The maximum atomic E-state index is 12.1. The summed E-state index contributed by atoms with van der Waals surface area (Å²) in [5.74, 6) is 0.212. The lowest BCUT2D eigenvalue weighted by Gasteiger charge is -2.11. The molecular weight excluding hydrogens is 498 g/mol. The van der Waals surface area contributed by atoms with E-state index in [1.165, 1.54) is 6.21 Å². The Kier molecular flexibility index (Phi) is 8.81. The number of benzene rings is 3. The van der Waals surface area contributed by atoms with Crippen LogP contribution in [0.25, 0.3) is 0 Å². The summed E-state index contributed by atoms with van der Waals surface area (Å²) < 4.78 is 12.3. The average Bonchev–Trinajstić information content (AvgIpc) is 2.81. The molecule has 0 atom stereocenters. The molecule has 3 aromatic rings. The first-order valence-electron chi connectivity index (χ1n) is 10.6. The van der Waals surface area contributed by atoms with E-state index in [-0.39, 0.29) is 6.42 Å². The van der Waals surface area contributed by atoms with Crippen LogP contribution >= 0.6 is 15.9 Å². The van der Waals surface area contributed by atoms with Crippen molar-refractivity contribution < 1.29 is 19.1 Å². The van der Waals surface area contributed by atoms with Gasteiger partial charge in [-0.25, -0.2) is 5.43 Å². The van der Waals surface area contributed by atoms with E-state index in [0.29, 0.717) is 29.4 Å². The fourth-order valence-corrected chi connectivity index (χ4v) is 3.40. The van der Waals surface area contributed by atoms with Crippen LogP contribution in [0.3, 0.4) is 0 Å². The van der Waals surface area contributed by atoms with E-state index < -0.39 is 11.8 Å². The summed E-state index contributed by atoms with van der Waals surface area (Å²) in [4.78, 5) is 24.2. The first-order valence-corrected chi connectivity index (χ1v) is 11.4. The lowest BCUT2D eigenvalue weighted by atomic mass is 10.1. The molecule has 176 valence electrons. The number of hydrogen-bond donors (Lipinski definition) is 2. The normalized spacial score (nSPS) is 10.7. The molecule has 7 nitrogen and oxygen atoms in total. The standard InChI is InChI=1S/C26H26BrN3O4/c1-17-4-10-22(18(2)12-17)29-25(31)14-26(32)30-28-15-20-7-11-23(24(13-20)33-3)34-16-19-5-8-21(27)9-6-19/h4-13,15H,14,16H2,1-3H3,(H,29,31)(H,30,32). The van der Waals surface area contributed by atoms with Crippen molar-refractivity contribution in [2.75, 3.05) is 12.4 Å². The minimum atomic E-state index is -0.514. The lowest BCUT2D eigenvalue weighted by Crippen LogP contribution is -2.24. The number of anilines is 1. The molecule has 2 amide bonds. The first kappa shape index (κ1) is 25.0. The molecule has 0 saturated carbocycles. The number of halogens is 1. The van der Waals surface area contributed by atoms with Crippen LogP contribution in [-0.2, 0) is 16.2 Å². The molecule has 3 rings (SSSR count). The van der Waals surface area contributed by atoms with Crippen molar-refractivity contribution in [1.82, 2.24) is 5.43 Å². The molecule has 0 fully saturated rings. The maximum Gasteiger partial charge on any atom is 0.249 e. The third kappa shape index (κ3) is 7.45. The summed E-state index contributed by atoms with van der Waals surface area (Å²) in [6.45, 7) is 4.28. The van der Waals surface area contributed by atoms with Crippen molar-refractivity contribution in [2.45, 2.75) is 26.9 Å². The van der Waals surface area contributed by atoms with Crippen molar-refractivity contribution in [3.8, 4) is 11.5 Å². The number of hydrazone groups is 1. The highest BCUT2D eigenvalue weighted by Gasteiger charge is 2.10. The van der Waals surface area contributed by atoms with Gasteiger partial charge in [-0.1, -0.05) is 45.8 Å². The molecule has 0 saturated heterocycles. The number of hydrogen-bond acceptors (Lipinski definition) is 5. The number of nitrogens with zero attached hydrogens (tertiary/aromatic N) is 1. The molecule has 0 aliphatic carbocycles. The number of nitrogens with one attached hydrogen (secondary N) is 2. The highest BCUT2D eigenvalue weighted by Crippen LogP contribution is 2.28. The van der Waals surface area contributed by atoms with Crippen LogP contribution in [0.5, 0.6) is 11.5 Å². The smallest absolute Gasteiger partial charge is 0.249 e. The van der Waals surface area contributed by atoms with Crippen LogP contribution in [0.1, 0.15) is 28.7 Å². The van der Waals surface area contributed by atoms with Gasteiger partial charge in [-0.3, -0.25) is 9.59 Å². The van der Waals surface area contributed by atoms with Crippen LogP contribution < -0.4 is 20.2 Å². The third-order valence-corrected chi connectivity index (χ3v) is 5.40. The molecule has 2 N–H and O–H groups in total. The molecule has 0 radical (unpaired) electrons. The van der Waals surface area contributed by atoms with Crippen molar-refractivity contribution in [3.63, 3.8) is 0 Å². The summed E-state index contributed by atoms with van der Waals surface area (Å²) in [6.07, 6.45) is 1.14. The molecule has 3 aromatic carbocycles. The minimum absolute atomic E-state index is 0.336. The van der Waals surface area contributed by atoms with Crippen LogP contribution in [0, 0.1) is 13.8 Å². The fraction of sp³-hybridized carbons (Fsp3) is 0.192. The van der Waals surface area contributed by atoms with Gasteiger partial charge in [-0.2, -0.15) is 5.10 Å². The molecule has 34 heavy (non-hydrogen) atoms. The van der Waals surface area contributed by atoms with Gasteiger partial charge < -0.3 is 14.8 Å². The summed E-state index contributed by atoms with van der Waals surface area (Å²) in [5.41, 5.74) is 6.82. The zero-order valence-electron chi connectivity index (χ0n) is 19.2. The van der Waals surface area contributed by atoms with Gasteiger partial charge >= 0.3 is 0 Å². The van der Waals surface area contributed by atoms with E-state index in [9.17, 15) is 9.59 Å². The summed E-state index contributed by atoms with van der Waals surface area (Å²) in [5, 5.41) is 6.67. The van der Waals surface area contributed by atoms with E-state index in [1.54, 1.807) is 25.3 Å². The monoisotopic (exact) mass is 523 g/mol. The molecular formula is C26H26BrN3O4. The van der Waals surface area contributed by atoms with E-state index in [4.69, 9.17) is 9.47 Å². The second-order valence-electron chi connectivity index (χ2n) is 7.66. The van der Waals surface area contributed by atoms with Crippen LogP contribution in [0.2, 0.25) is 0 Å². The highest BCUT2D eigenvalue weighted by atomic mass is 79.9. The second kappa shape index (κ2) is 12.0. The van der Waals surface area contributed by atoms with Gasteiger partial charge in [0, 0.05) is 10.2 Å². The number of aryl methyl sites for hydroxylation is 2. The van der Waals surface area contributed by atoms with E-state index >= 15 is 0 Å². The van der Waals surface area contributed by atoms with Crippen molar-refractivity contribution in [2.24, 2.45) is 5.10 Å². The number of rotatable bonds is 9. The summed E-state index contributed by atoms with van der Waals surface area (Å²) in [7, 11) is 1.55. The van der Waals surface area contributed by atoms with Crippen LogP contribution in [0.15, 0.2) is 70.2 Å². The Bertz CT molecular complexity index is 1190. The van der Waals surface area contributed by atoms with Gasteiger partial charge in [0.25, 0.3) is 0 Å². The van der Waals surface area contributed by atoms with Crippen molar-refractivity contribution in [1.29, 1.82) is 0 Å².